The lowest BCUT2D eigenvalue weighted by molar-refractivity contribution is -0.456. The number of aryl methyl sites for hydroxylation is 6. The molecule has 0 saturated carbocycles. The van der Waals surface area contributed by atoms with Gasteiger partial charge in [0.1, 0.15) is 0 Å². The van der Waals surface area contributed by atoms with E-state index in [4.69, 9.17) is 0 Å². The SMILES string of the molecule is Cc1cccc(CN(c2ccc(C3=C([O-])C(=C4C=CC(=[N+](Cc5cccc(C)c5)c5ccc(C)cc5C)C=C4)C3=O)cc2)c2ccc(C)cc2C)c1.O=C1NCc2ccc(cc2)CNC(=O)c2cccc(c2)C(=O)NCc2ccc(cc2)CNC(=O)c2cccc1c2. The van der Waals surface area contributed by atoms with Crippen LogP contribution in [0, 0.1) is 41.5 Å². The molecule has 4 heterocycles. The van der Waals surface area contributed by atoms with Crippen LogP contribution >= 0.6 is 0 Å². The summed E-state index contributed by atoms with van der Waals surface area (Å²) in [5.41, 5.74) is 20.8. The van der Waals surface area contributed by atoms with Crippen molar-refractivity contribution in [3.63, 3.8) is 0 Å². The van der Waals surface area contributed by atoms with E-state index >= 15 is 0 Å². The molecule has 4 N–H and O–H groups in total. The Morgan fingerprint density at radius 3 is 1.27 bits per heavy atom. The van der Waals surface area contributed by atoms with Gasteiger partial charge in [0.2, 0.25) is 11.4 Å². The lowest BCUT2D eigenvalue weighted by atomic mass is 9.80. The Balaban J connectivity index is 0.000000195. The molecule has 4 amide bonds. The number of carbonyl (C=O) groups is 5. The van der Waals surface area contributed by atoms with E-state index in [0.717, 1.165) is 45.0 Å². The van der Waals surface area contributed by atoms with Crippen LogP contribution in [0.3, 0.4) is 0 Å². The van der Waals surface area contributed by atoms with Crippen LogP contribution in [-0.4, -0.2) is 39.7 Å². The van der Waals surface area contributed by atoms with Gasteiger partial charge in [-0.25, -0.2) is 0 Å². The topological polar surface area (TPSA) is 163 Å². The van der Waals surface area contributed by atoms with Crippen molar-refractivity contribution in [3.8, 4) is 0 Å². The average molecular weight is 1210 g/mol. The minimum Gasteiger partial charge on any atom is -0.871 e. The van der Waals surface area contributed by atoms with Crippen LogP contribution in [0.25, 0.3) is 5.57 Å². The van der Waals surface area contributed by atoms with Gasteiger partial charge in [0, 0.05) is 107 Å². The molecular formula is C80H72N6O6. The van der Waals surface area contributed by atoms with E-state index in [0.29, 0.717) is 72.7 Å². The Labute approximate surface area is 537 Å². The summed E-state index contributed by atoms with van der Waals surface area (Å²) in [4.78, 5) is 66.9. The van der Waals surface area contributed by atoms with Crippen LogP contribution in [0.4, 0.5) is 17.1 Å². The van der Waals surface area contributed by atoms with Gasteiger partial charge in [-0.3, -0.25) is 24.0 Å². The van der Waals surface area contributed by atoms with Gasteiger partial charge in [0.25, 0.3) is 23.6 Å². The predicted molar refractivity (Wildman–Crippen MR) is 363 cm³/mol. The second-order valence-corrected chi connectivity index (χ2v) is 23.8. The zero-order valence-corrected chi connectivity index (χ0v) is 52.5. The van der Waals surface area contributed by atoms with Crippen molar-refractivity contribution in [1.29, 1.82) is 0 Å². The lowest BCUT2D eigenvalue weighted by Crippen LogP contribution is -2.30. The molecule has 0 unspecified atom stereocenters. The van der Waals surface area contributed by atoms with Gasteiger partial charge in [0.05, 0.1) is 0 Å². The van der Waals surface area contributed by atoms with Crippen LogP contribution in [0.1, 0.15) is 114 Å². The van der Waals surface area contributed by atoms with Gasteiger partial charge in [-0.05, 0) is 165 Å². The smallest absolute Gasteiger partial charge is 0.251 e. The lowest BCUT2D eigenvalue weighted by Gasteiger charge is -2.33. The first-order valence-electron chi connectivity index (χ1n) is 30.8. The molecule has 12 nitrogen and oxygen atoms in total. The number of ketones is 1. The first-order chi connectivity index (χ1) is 44.5. The third-order valence-electron chi connectivity index (χ3n) is 16.6. The first kappa shape index (κ1) is 62.4. The zero-order valence-electron chi connectivity index (χ0n) is 52.5. The third kappa shape index (κ3) is 14.9. The molecule has 6 aliphatic rings. The van der Waals surface area contributed by atoms with Gasteiger partial charge >= 0.3 is 0 Å². The summed E-state index contributed by atoms with van der Waals surface area (Å²) in [6.07, 6.45) is 7.84. The van der Waals surface area contributed by atoms with E-state index in [1.165, 1.54) is 44.5 Å². The molecule has 458 valence electrons. The Morgan fingerprint density at radius 1 is 0.402 bits per heavy atom. The highest BCUT2D eigenvalue weighted by atomic mass is 16.3. The molecule has 0 saturated heterocycles. The molecule has 12 heteroatoms. The summed E-state index contributed by atoms with van der Waals surface area (Å²) in [5.74, 6) is -1.53. The Bertz CT molecular complexity index is 4270. The number of anilines is 2. The van der Waals surface area contributed by atoms with Gasteiger partial charge in [0.15, 0.2) is 12.3 Å². The standard InChI is InChI=1S/C48H44N2O2.C32H28N4O4/c1-31-9-7-11-37(27-31)29-49(43-23-13-33(3)25-35(43)5)41-19-15-39(16-20-41)45-47(51)46(48(45)52)40-17-21-42(22-18-40)50(30-38-12-8-10-32(2)28-38)44-24-14-34(4)26-36(44)6;37-29-25-3-1-4-26(15-25)30(38)34-18-22-9-13-24(14-10-22)20-36-32(40)28-6-2-5-27(16-28)31(39)35-19-23-11-7-21(8-12-23)17-33-29/h7-28H,29-30H2,1-6H3;1-16H,17-20H2,(H,33,37)(H,34,38)(H,35,39)(H,36,40). The van der Waals surface area contributed by atoms with Crippen LogP contribution in [0.15, 0.2) is 247 Å². The van der Waals surface area contributed by atoms with Crippen molar-refractivity contribution in [1.82, 2.24) is 21.3 Å². The van der Waals surface area contributed by atoms with E-state index in [2.05, 4.69) is 157 Å². The summed E-state index contributed by atoms with van der Waals surface area (Å²) in [5, 5.41) is 25.2. The van der Waals surface area contributed by atoms with Crippen molar-refractivity contribution in [2.45, 2.75) is 80.8 Å². The number of nitrogens with one attached hydrogen (secondary N) is 4. The molecule has 0 spiro atoms. The molecule has 0 atom stereocenters. The maximum Gasteiger partial charge on any atom is 0.251 e. The maximum atomic E-state index is 13.6. The zero-order chi connectivity index (χ0) is 64.4. The van der Waals surface area contributed by atoms with Gasteiger partial charge < -0.3 is 31.3 Å². The second-order valence-electron chi connectivity index (χ2n) is 23.8. The van der Waals surface area contributed by atoms with E-state index in [-0.39, 0.29) is 46.3 Å². The second kappa shape index (κ2) is 28.1. The average Bonchev–Trinajstić information content (AvgIpc) is 0.773. The molecular weight excluding hydrogens is 1140 g/mol. The molecule has 4 aliphatic heterocycles. The van der Waals surface area contributed by atoms with E-state index in [1.807, 2.05) is 97.1 Å². The van der Waals surface area contributed by atoms with E-state index in [9.17, 15) is 29.1 Å². The number of carbonyl (C=O) groups excluding carboxylic acids is 5. The van der Waals surface area contributed by atoms with Crippen molar-refractivity contribution >= 4 is 57.8 Å². The monoisotopic (exact) mass is 1210 g/mol. The van der Waals surface area contributed by atoms with E-state index < -0.39 is 0 Å². The molecule has 0 radical (unpaired) electrons. The predicted octanol–water partition coefficient (Wildman–Crippen LogP) is 13.7. The number of Topliss-reactive ketones (excluding diaryl/α,β-unsaturated/α-hetero) is 1. The molecule has 8 bridgehead atoms. The number of nitrogens with zero attached hydrogens (tertiary/aromatic N) is 2. The maximum absolute atomic E-state index is 13.6. The van der Waals surface area contributed by atoms with Crippen molar-refractivity contribution in [2.75, 3.05) is 4.90 Å². The van der Waals surface area contributed by atoms with Crippen molar-refractivity contribution in [3.05, 3.63) is 342 Å². The number of allylic oxidation sites excluding steroid dienone is 7. The Kier molecular flexibility index (Phi) is 19.0. The summed E-state index contributed by atoms with van der Waals surface area (Å²) in [6.45, 7) is 15.3. The van der Waals surface area contributed by atoms with Crippen LogP contribution in [0.2, 0.25) is 0 Å². The van der Waals surface area contributed by atoms with Crippen LogP contribution in [-0.2, 0) is 44.1 Å². The van der Waals surface area contributed by atoms with Crippen LogP contribution in [0.5, 0.6) is 0 Å². The molecule has 2 aliphatic carbocycles. The Hall–Kier alpha value is -11.2. The van der Waals surface area contributed by atoms with E-state index in [1.54, 1.807) is 48.5 Å². The Morgan fingerprint density at radius 2 is 0.826 bits per heavy atom. The minimum atomic E-state index is -0.280. The molecule has 92 heavy (non-hydrogen) atoms. The number of hydrogen-bond donors (Lipinski definition) is 4. The fourth-order valence-electron chi connectivity index (χ4n) is 11.7. The molecule has 0 fully saturated rings. The number of benzene rings is 9. The molecule has 0 aromatic heterocycles. The number of hydrogen-bond acceptors (Lipinski definition) is 7. The van der Waals surface area contributed by atoms with Crippen LogP contribution < -0.4 is 31.3 Å². The molecule has 15 rings (SSSR count). The van der Waals surface area contributed by atoms with Gasteiger partial charge in [-0.2, -0.15) is 4.58 Å². The van der Waals surface area contributed by atoms with Crippen molar-refractivity contribution < 1.29 is 33.7 Å². The summed E-state index contributed by atoms with van der Waals surface area (Å²) in [7, 11) is 0. The van der Waals surface area contributed by atoms with Gasteiger partial charge in [-0.1, -0.05) is 161 Å². The quantitative estimate of drug-likeness (QED) is 0.0869. The minimum absolute atomic E-state index is 0.206. The highest BCUT2D eigenvalue weighted by molar-refractivity contribution is 6.39. The normalized spacial score (nSPS) is 14.2. The number of rotatable bonds is 8. The molecule has 9 aromatic rings. The summed E-state index contributed by atoms with van der Waals surface area (Å²) in [6, 6.07) is 66.2. The summed E-state index contributed by atoms with van der Waals surface area (Å²) < 4.78 is 2.29. The third-order valence-corrected chi connectivity index (χ3v) is 16.6. The summed E-state index contributed by atoms with van der Waals surface area (Å²) >= 11 is 0. The van der Waals surface area contributed by atoms with Crippen molar-refractivity contribution in [2.24, 2.45) is 0 Å². The highest BCUT2D eigenvalue weighted by Gasteiger charge is 2.31. The fourth-order valence-corrected chi connectivity index (χ4v) is 11.7. The largest absolute Gasteiger partial charge is 0.871 e. The van der Waals surface area contributed by atoms with Gasteiger partial charge in [-0.15, -0.1) is 0 Å². The molecule has 9 aromatic carbocycles. The fraction of sp³-hybridized carbons (Fsp3) is 0.150. The number of amides is 4. The first-order valence-corrected chi connectivity index (χ1v) is 30.8. The highest BCUT2D eigenvalue weighted by Crippen LogP contribution is 2.39.